The monoisotopic (exact) mass is 428 g/mol. The minimum Gasteiger partial charge on any atom is -0.358 e. The fraction of sp³-hybridized carbons (Fsp3) is 0.235. The summed E-state index contributed by atoms with van der Waals surface area (Å²) in [4.78, 5) is 4.50. The lowest BCUT2D eigenvalue weighted by atomic mass is 9.99. The first kappa shape index (κ1) is 17.2. The topological polar surface area (TPSA) is 24.4 Å². The third-order valence-corrected chi connectivity index (χ3v) is 5.80. The highest BCUT2D eigenvalue weighted by Gasteiger charge is 2.20. The molecule has 6 heteroatoms. The molecule has 0 aromatic heterocycles. The van der Waals surface area contributed by atoms with Crippen LogP contribution in [0, 0.1) is 0 Å². The summed E-state index contributed by atoms with van der Waals surface area (Å²) in [5.41, 5.74) is 2.21. The zero-order chi connectivity index (χ0) is 16.2. The molecule has 2 nitrogen and oxygen atoms in total. The molecule has 2 aromatic rings. The number of benzene rings is 2. The van der Waals surface area contributed by atoms with E-state index in [1.807, 2.05) is 30.3 Å². The van der Waals surface area contributed by atoms with E-state index in [1.165, 1.54) is 5.56 Å². The van der Waals surface area contributed by atoms with Crippen LogP contribution in [0.3, 0.4) is 0 Å². The van der Waals surface area contributed by atoms with Crippen LogP contribution in [-0.2, 0) is 6.42 Å². The summed E-state index contributed by atoms with van der Waals surface area (Å²) in [5.74, 6) is 1.02. The molecule has 0 amide bonds. The van der Waals surface area contributed by atoms with Gasteiger partial charge in [0.05, 0.1) is 22.6 Å². The van der Waals surface area contributed by atoms with Crippen LogP contribution in [0.15, 0.2) is 51.9 Å². The Kier molecular flexibility index (Phi) is 5.91. The summed E-state index contributed by atoms with van der Waals surface area (Å²) < 4.78 is 1.07. The van der Waals surface area contributed by atoms with Gasteiger partial charge in [-0.15, -0.1) is 0 Å². The van der Waals surface area contributed by atoms with E-state index in [-0.39, 0.29) is 6.04 Å². The summed E-state index contributed by atoms with van der Waals surface area (Å²) in [7, 11) is 0. The maximum Gasteiger partial charge on any atom is 0.157 e. The van der Waals surface area contributed by atoms with Crippen molar-refractivity contribution in [3.63, 3.8) is 0 Å². The minimum absolute atomic E-state index is 0.0276. The van der Waals surface area contributed by atoms with Crippen molar-refractivity contribution in [1.29, 1.82) is 0 Å². The lowest BCUT2D eigenvalue weighted by Crippen LogP contribution is -2.27. The quantitative estimate of drug-likeness (QED) is 0.670. The van der Waals surface area contributed by atoms with Gasteiger partial charge in [-0.1, -0.05) is 75.2 Å². The number of hydrogen-bond donors (Lipinski definition) is 1. The van der Waals surface area contributed by atoms with Crippen LogP contribution in [0.25, 0.3) is 0 Å². The molecule has 1 atom stereocenters. The van der Waals surface area contributed by atoms with Gasteiger partial charge >= 0.3 is 0 Å². The highest BCUT2D eigenvalue weighted by Crippen LogP contribution is 2.32. The Bertz CT molecular complexity index is 736. The SMILES string of the molecule is Clc1cccc(C(Cc2cccc(Br)c2)NC2=NCCS2)c1Cl. The third kappa shape index (κ3) is 4.44. The van der Waals surface area contributed by atoms with Crippen LogP contribution < -0.4 is 5.32 Å². The molecule has 3 rings (SSSR count). The van der Waals surface area contributed by atoms with Gasteiger partial charge in [-0.2, -0.15) is 0 Å². The average molecular weight is 430 g/mol. The van der Waals surface area contributed by atoms with Crippen LogP contribution in [0.4, 0.5) is 0 Å². The summed E-state index contributed by atoms with van der Waals surface area (Å²) >= 11 is 17.9. The summed E-state index contributed by atoms with van der Waals surface area (Å²) in [6.07, 6.45) is 0.805. The Balaban J connectivity index is 1.91. The summed E-state index contributed by atoms with van der Waals surface area (Å²) in [6.45, 7) is 0.861. The average Bonchev–Trinajstić information content (AvgIpc) is 3.02. The van der Waals surface area contributed by atoms with Gasteiger partial charge in [0.1, 0.15) is 0 Å². The Morgan fingerprint density at radius 1 is 1.22 bits per heavy atom. The Morgan fingerprint density at radius 3 is 2.78 bits per heavy atom. The molecule has 23 heavy (non-hydrogen) atoms. The van der Waals surface area contributed by atoms with E-state index in [4.69, 9.17) is 23.2 Å². The molecule has 0 aliphatic carbocycles. The van der Waals surface area contributed by atoms with Crippen LogP contribution in [0.1, 0.15) is 17.2 Å². The maximum absolute atomic E-state index is 6.44. The Labute approximate surface area is 158 Å². The first-order valence-electron chi connectivity index (χ1n) is 7.25. The van der Waals surface area contributed by atoms with E-state index < -0.39 is 0 Å². The van der Waals surface area contributed by atoms with Crippen LogP contribution in [0.2, 0.25) is 10.0 Å². The van der Waals surface area contributed by atoms with Gasteiger partial charge in [-0.25, -0.2) is 0 Å². The van der Waals surface area contributed by atoms with Gasteiger partial charge < -0.3 is 5.32 Å². The highest BCUT2D eigenvalue weighted by atomic mass is 79.9. The predicted molar refractivity (Wildman–Crippen MR) is 105 cm³/mol. The van der Waals surface area contributed by atoms with Crippen molar-refractivity contribution >= 4 is 56.1 Å². The first-order valence-corrected chi connectivity index (χ1v) is 9.79. The van der Waals surface area contributed by atoms with E-state index in [0.717, 1.165) is 33.9 Å². The second-order valence-electron chi connectivity index (χ2n) is 5.21. The third-order valence-electron chi connectivity index (χ3n) is 3.57. The number of amidine groups is 1. The maximum atomic E-state index is 6.44. The Morgan fingerprint density at radius 2 is 2.04 bits per heavy atom. The standard InChI is InChI=1S/C17H15BrCl2N2S/c18-12-4-1-3-11(9-12)10-15(22-17-21-7-8-23-17)13-5-2-6-14(19)16(13)20/h1-6,9,15H,7-8,10H2,(H,21,22). The number of rotatable bonds is 4. The lowest BCUT2D eigenvalue weighted by Gasteiger charge is -2.22. The van der Waals surface area contributed by atoms with E-state index in [1.54, 1.807) is 11.8 Å². The fourth-order valence-electron chi connectivity index (χ4n) is 2.50. The second kappa shape index (κ2) is 7.93. The fourth-order valence-corrected chi connectivity index (χ4v) is 4.17. The van der Waals surface area contributed by atoms with Crippen molar-refractivity contribution in [2.45, 2.75) is 12.5 Å². The molecule has 0 spiro atoms. The van der Waals surface area contributed by atoms with Crippen molar-refractivity contribution in [2.75, 3.05) is 12.3 Å². The van der Waals surface area contributed by atoms with E-state index >= 15 is 0 Å². The lowest BCUT2D eigenvalue weighted by molar-refractivity contribution is 0.648. The molecular formula is C17H15BrCl2N2S. The number of thioether (sulfide) groups is 1. The van der Waals surface area contributed by atoms with Gasteiger partial charge in [-0.05, 0) is 35.7 Å². The van der Waals surface area contributed by atoms with E-state index in [0.29, 0.717) is 10.0 Å². The molecule has 0 saturated heterocycles. The molecule has 1 heterocycles. The zero-order valence-corrected chi connectivity index (χ0v) is 16.1. The van der Waals surface area contributed by atoms with Gasteiger partial charge in [0.15, 0.2) is 5.17 Å². The van der Waals surface area contributed by atoms with Crippen LogP contribution >= 0.6 is 50.9 Å². The first-order chi connectivity index (χ1) is 11.1. The molecule has 1 unspecified atom stereocenters. The summed E-state index contributed by atoms with van der Waals surface area (Å²) in [5, 5.41) is 5.67. The van der Waals surface area contributed by atoms with Gasteiger partial charge in [0.2, 0.25) is 0 Å². The van der Waals surface area contributed by atoms with Crippen LogP contribution in [-0.4, -0.2) is 17.5 Å². The predicted octanol–water partition coefficient (Wildman–Crippen LogP) is 5.73. The van der Waals surface area contributed by atoms with Crippen LogP contribution in [0.5, 0.6) is 0 Å². The second-order valence-corrected chi connectivity index (χ2v) is 7.99. The van der Waals surface area contributed by atoms with Crippen molar-refractivity contribution in [2.24, 2.45) is 4.99 Å². The van der Waals surface area contributed by atoms with Crippen molar-refractivity contribution in [3.05, 3.63) is 68.1 Å². The van der Waals surface area contributed by atoms with Crippen molar-refractivity contribution in [1.82, 2.24) is 5.32 Å². The van der Waals surface area contributed by atoms with Gasteiger partial charge in [-0.3, -0.25) is 4.99 Å². The molecule has 2 aromatic carbocycles. The molecule has 1 aliphatic heterocycles. The number of nitrogens with one attached hydrogen (secondary N) is 1. The smallest absolute Gasteiger partial charge is 0.157 e. The van der Waals surface area contributed by atoms with Gasteiger partial charge in [0, 0.05) is 10.2 Å². The summed E-state index contributed by atoms with van der Waals surface area (Å²) in [6, 6.07) is 14.1. The molecule has 1 N–H and O–H groups in total. The molecule has 0 bridgehead atoms. The number of hydrogen-bond acceptors (Lipinski definition) is 3. The number of nitrogens with zero attached hydrogens (tertiary/aromatic N) is 1. The zero-order valence-electron chi connectivity index (χ0n) is 12.2. The molecule has 0 radical (unpaired) electrons. The number of halogens is 3. The molecule has 120 valence electrons. The number of aliphatic imine (C=N–C) groups is 1. The van der Waals surface area contributed by atoms with E-state index in [2.05, 4.69) is 38.4 Å². The normalized spacial score (nSPS) is 15.3. The molecular weight excluding hydrogens is 415 g/mol. The molecule has 0 saturated carbocycles. The largest absolute Gasteiger partial charge is 0.358 e. The highest BCUT2D eigenvalue weighted by molar-refractivity contribution is 9.10. The molecule has 1 aliphatic rings. The van der Waals surface area contributed by atoms with Gasteiger partial charge in [0.25, 0.3) is 0 Å². The van der Waals surface area contributed by atoms with Crippen molar-refractivity contribution < 1.29 is 0 Å². The molecule has 0 fully saturated rings. The minimum atomic E-state index is 0.0276. The van der Waals surface area contributed by atoms with Crippen molar-refractivity contribution in [3.8, 4) is 0 Å². The Hall–Kier alpha value is -0.680. The van der Waals surface area contributed by atoms with E-state index in [9.17, 15) is 0 Å².